The van der Waals surface area contributed by atoms with Gasteiger partial charge in [0.05, 0.1) is 12.8 Å². The first-order chi connectivity index (χ1) is 13.7. The summed E-state index contributed by atoms with van der Waals surface area (Å²) in [6.45, 7) is 7.24. The summed E-state index contributed by atoms with van der Waals surface area (Å²) in [4.78, 5) is 24.5. The van der Waals surface area contributed by atoms with Crippen LogP contribution in [0.5, 0.6) is 11.5 Å². The highest BCUT2D eigenvalue weighted by Gasteiger charge is 2.20. The minimum Gasteiger partial charge on any atom is -0.495 e. The molecule has 0 fully saturated rings. The zero-order valence-corrected chi connectivity index (χ0v) is 18.0. The molecule has 0 heterocycles. The molecule has 1 N–H and O–H groups in total. The van der Waals surface area contributed by atoms with Crippen LogP contribution in [0.25, 0.3) is 0 Å². The number of carbonyl (C=O) groups is 2. The van der Waals surface area contributed by atoms with Gasteiger partial charge in [-0.05, 0) is 55.2 Å². The molecule has 0 aliphatic carbocycles. The highest BCUT2D eigenvalue weighted by Crippen LogP contribution is 2.28. The number of benzene rings is 2. The van der Waals surface area contributed by atoms with Gasteiger partial charge in [0.2, 0.25) is 0 Å². The second kappa shape index (κ2) is 10.2. The molecule has 1 amide bonds. The molecule has 0 radical (unpaired) electrons. The molecule has 0 saturated carbocycles. The molecular formula is C22H26ClNO5. The molecule has 2 rings (SSSR count). The average Bonchev–Trinajstić information content (AvgIpc) is 2.66. The molecule has 29 heavy (non-hydrogen) atoms. The van der Waals surface area contributed by atoms with Gasteiger partial charge in [0.1, 0.15) is 11.5 Å². The van der Waals surface area contributed by atoms with Crippen molar-refractivity contribution in [3.05, 3.63) is 52.5 Å². The molecule has 0 aliphatic rings. The van der Waals surface area contributed by atoms with Gasteiger partial charge in [0.15, 0.2) is 12.7 Å². The van der Waals surface area contributed by atoms with Gasteiger partial charge in [-0.25, -0.2) is 4.79 Å². The molecule has 0 aliphatic heterocycles. The molecule has 7 heteroatoms. The smallest absolute Gasteiger partial charge is 0.344 e. The number of anilines is 1. The van der Waals surface area contributed by atoms with Crippen molar-refractivity contribution in [3.63, 3.8) is 0 Å². The summed E-state index contributed by atoms with van der Waals surface area (Å²) in [5, 5.41) is 3.09. The Morgan fingerprint density at radius 3 is 2.45 bits per heavy atom. The maximum atomic E-state index is 12.4. The van der Waals surface area contributed by atoms with Gasteiger partial charge < -0.3 is 19.5 Å². The summed E-state index contributed by atoms with van der Waals surface area (Å²) < 4.78 is 16.0. The number of amides is 1. The fraction of sp³-hybridized carbons (Fsp3) is 0.364. The van der Waals surface area contributed by atoms with Gasteiger partial charge >= 0.3 is 5.97 Å². The second-order valence-electron chi connectivity index (χ2n) is 6.95. The van der Waals surface area contributed by atoms with Crippen molar-refractivity contribution in [1.29, 1.82) is 0 Å². The fourth-order valence-corrected chi connectivity index (χ4v) is 2.85. The van der Waals surface area contributed by atoms with Crippen molar-refractivity contribution in [2.45, 2.75) is 39.7 Å². The molecule has 6 nitrogen and oxygen atoms in total. The van der Waals surface area contributed by atoms with Crippen LogP contribution in [0.4, 0.5) is 5.69 Å². The normalized spacial score (nSPS) is 11.7. The fourth-order valence-electron chi connectivity index (χ4n) is 2.68. The van der Waals surface area contributed by atoms with E-state index >= 15 is 0 Å². The van der Waals surface area contributed by atoms with E-state index in [4.69, 9.17) is 25.8 Å². The molecule has 0 unspecified atom stereocenters. The van der Waals surface area contributed by atoms with E-state index in [0.29, 0.717) is 22.2 Å². The van der Waals surface area contributed by atoms with Crippen LogP contribution in [0, 0.1) is 6.92 Å². The Morgan fingerprint density at radius 1 is 1.07 bits per heavy atom. The maximum absolute atomic E-state index is 12.4. The van der Waals surface area contributed by atoms with E-state index < -0.39 is 18.0 Å². The van der Waals surface area contributed by atoms with E-state index in [1.54, 1.807) is 18.2 Å². The summed E-state index contributed by atoms with van der Waals surface area (Å²) in [6.07, 6.45) is -1.02. The first-order valence-corrected chi connectivity index (χ1v) is 9.66. The van der Waals surface area contributed by atoms with E-state index in [-0.39, 0.29) is 12.5 Å². The van der Waals surface area contributed by atoms with Crippen molar-refractivity contribution >= 4 is 29.2 Å². The number of nitrogens with one attached hydrogen (secondary N) is 1. The third-order valence-corrected chi connectivity index (χ3v) is 4.47. The number of aryl methyl sites for hydroxylation is 1. The van der Waals surface area contributed by atoms with Gasteiger partial charge in [0, 0.05) is 5.02 Å². The van der Waals surface area contributed by atoms with Crippen molar-refractivity contribution < 1.29 is 23.8 Å². The van der Waals surface area contributed by atoms with Crippen LogP contribution in [-0.4, -0.2) is 31.7 Å². The highest BCUT2D eigenvalue weighted by molar-refractivity contribution is 6.31. The number of esters is 1. The van der Waals surface area contributed by atoms with Crippen LogP contribution < -0.4 is 14.8 Å². The monoisotopic (exact) mass is 419 g/mol. The van der Waals surface area contributed by atoms with Gasteiger partial charge in [-0.3, -0.25) is 4.79 Å². The molecule has 1 atom stereocenters. The quantitative estimate of drug-likeness (QED) is 0.626. The Bertz CT molecular complexity index is 882. The summed E-state index contributed by atoms with van der Waals surface area (Å²) >= 11 is 5.96. The summed E-state index contributed by atoms with van der Waals surface area (Å²) in [5.41, 5.74) is 2.42. The van der Waals surface area contributed by atoms with Gasteiger partial charge in [-0.1, -0.05) is 37.6 Å². The Balaban J connectivity index is 1.95. The first kappa shape index (κ1) is 22.6. The molecule has 0 aromatic heterocycles. The largest absolute Gasteiger partial charge is 0.495 e. The van der Waals surface area contributed by atoms with Crippen LogP contribution in [0.15, 0.2) is 36.4 Å². The van der Waals surface area contributed by atoms with E-state index in [9.17, 15) is 9.59 Å². The number of hydrogen-bond acceptors (Lipinski definition) is 5. The molecule has 2 aromatic carbocycles. The molecular weight excluding hydrogens is 394 g/mol. The summed E-state index contributed by atoms with van der Waals surface area (Å²) in [7, 11) is 1.48. The number of methoxy groups -OCH3 is 1. The van der Waals surface area contributed by atoms with Crippen LogP contribution in [-0.2, 0) is 14.3 Å². The Kier molecular flexibility index (Phi) is 7.91. The van der Waals surface area contributed by atoms with Crippen molar-refractivity contribution in [2.75, 3.05) is 19.0 Å². The maximum Gasteiger partial charge on any atom is 0.344 e. The van der Waals surface area contributed by atoms with Crippen molar-refractivity contribution in [2.24, 2.45) is 0 Å². The van der Waals surface area contributed by atoms with Crippen LogP contribution in [0.3, 0.4) is 0 Å². The number of halogens is 1. The standard InChI is InChI=1S/C22H26ClNO5/c1-13(2)17-8-6-14(3)10-20(17)28-12-21(25)29-15(4)22(26)24-18-11-16(23)7-9-19(18)27-5/h6-11,13,15H,12H2,1-5H3,(H,24,26)/t15-/m0/s1. The first-order valence-electron chi connectivity index (χ1n) is 9.28. The Hall–Kier alpha value is -2.73. The van der Waals surface area contributed by atoms with E-state index in [1.807, 2.05) is 39.0 Å². The molecule has 0 saturated heterocycles. The van der Waals surface area contributed by atoms with Gasteiger partial charge in [0.25, 0.3) is 5.91 Å². The van der Waals surface area contributed by atoms with E-state index in [0.717, 1.165) is 11.1 Å². The lowest BCUT2D eigenvalue weighted by atomic mass is 10.0. The zero-order valence-electron chi connectivity index (χ0n) is 17.2. The predicted octanol–water partition coefficient (Wildman–Crippen LogP) is 4.73. The zero-order chi connectivity index (χ0) is 21.6. The minimum absolute atomic E-state index is 0.249. The molecule has 2 aromatic rings. The Morgan fingerprint density at radius 2 is 1.79 bits per heavy atom. The van der Waals surface area contributed by atoms with Crippen molar-refractivity contribution in [1.82, 2.24) is 0 Å². The average molecular weight is 420 g/mol. The van der Waals surface area contributed by atoms with Crippen LogP contribution in [0.1, 0.15) is 37.8 Å². The number of carbonyl (C=O) groups excluding carboxylic acids is 2. The van der Waals surface area contributed by atoms with Gasteiger partial charge in [-0.2, -0.15) is 0 Å². The summed E-state index contributed by atoms with van der Waals surface area (Å²) in [5.74, 6) is 0.196. The van der Waals surface area contributed by atoms with E-state index in [1.165, 1.54) is 14.0 Å². The second-order valence-corrected chi connectivity index (χ2v) is 7.39. The number of hydrogen-bond donors (Lipinski definition) is 1. The van der Waals surface area contributed by atoms with E-state index in [2.05, 4.69) is 5.32 Å². The molecule has 0 spiro atoms. The summed E-state index contributed by atoms with van der Waals surface area (Å²) in [6, 6.07) is 10.7. The van der Waals surface area contributed by atoms with Crippen molar-refractivity contribution in [3.8, 4) is 11.5 Å². The van der Waals surface area contributed by atoms with Crippen LogP contribution in [0.2, 0.25) is 5.02 Å². The predicted molar refractivity (Wildman–Crippen MR) is 113 cm³/mol. The topological polar surface area (TPSA) is 73.9 Å². The number of rotatable bonds is 8. The third kappa shape index (κ3) is 6.39. The minimum atomic E-state index is -1.02. The third-order valence-electron chi connectivity index (χ3n) is 4.23. The molecule has 156 valence electrons. The van der Waals surface area contributed by atoms with Gasteiger partial charge in [-0.15, -0.1) is 0 Å². The lowest BCUT2D eigenvalue weighted by molar-refractivity contribution is -0.155. The van der Waals surface area contributed by atoms with Crippen LogP contribution >= 0.6 is 11.6 Å². The Labute approximate surface area is 176 Å². The highest BCUT2D eigenvalue weighted by atomic mass is 35.5. The molecule has 0 bridgehead atoms. The lowest BCUT2D eigenvalue weighted by Gasteiger charge is -2.17. The SMILES string of the molecule is COc1ccc(Cl)cc1NC(=O)[C@H](C)OC(=O)COc1cc(C)ccc1C(C)C. The lowest BCUT2D eigenvalue weighted by Crippen LogP contribution is -2.31. The number of ether oxygens (including phenoxy) is 3.